The van der Waals surface area contributed by atoms with Crippen molar-refractivity contribution in [3.8, 4) is 5.75 Å². The summed E-state index contributed by atoms with van der Waals surface area (Å²) >= 11 is 0. The fourth-order valence-electron chi connectivity index (χ4n) is 1.98. The number of methoxy groups -OCH3 is 1. The normalized spacial score (nSPS) is 12.1. The molecule has 0 aromatic heterocycles. The summed E-state index contributed by atoms with van der Waals surface area (Å²) in [7, 11) is 1.61. The van der Waals surface area contributed by atoms with Crippen LogP contribution in [-0.2, 0) is 4.79 Å². The zero-order valence-electron chi connectivity index (χ0n) is 12.5. The predicted molar refractivity (Wildman–Crippen MR) is 85.0 cm³/mol. The molecule has 0 aliphatic carbocycles. The van der Waals surface area contributed by atoms with Crippen molar-refractivity contribution >= 4 is 12.0 Å². The molecule has 0 saturated carbocycles. The van der Waals surface area contributed by atoms with Gasteiger partial charge in [-0.25, -0.2) is 4.39 Å². The van der Waals surface area contributed by atoms with E-state index in [0.717, 1.165) is 16.9 Å². The van der Waals surface area contributed by atoms with Crippen LogP contribution in [-0.4, -0.2) is 13.0 Å². The van der Waals surface area contributed by atoms with E-state index in [4.69, 9.17) is 4.74 Å². The summed E-state index contributed by atoms with van der Waals surface area (Å²) < 4.78 is 17.9. The van der Waals surface area contributed by atoms with Gasteiger partial charge in [-0.3, -0.25) is 4.79 Å². The van der Waals surface area contributed by atoms with Crippen LogP contribution in [0.5, 0.6) is 5.75 Å². The number of nitrogens with one attached hydrogen (secondary N) is 1. The Morgan fingerprint density at radius 2 is 1.77 bits per heavy atom. The van der Waals surface area contributed by atoms with Crippen LogP contribution >= 0.6 is 0 Å². The molecule has 22 heavy (non-hydrogen) atoms. The number of benzene rings is 2. The topological polar surface area (TPSA) is 38.3 Å². The lowest BCUT2D eigenvalue weighted by molar-refractivity contribution is -0.117. The van der Waals surface area contributed by atoms with Crippen LogP contribution in [0.3, 0.4) is 0 Å². The standard InChI is InChI=1S/C18H18FNO2/c1-13(15-6-8-16(19)9-7-15)20-18(21)12-5-14-3-10-17(22-2)11-4-14/h3-13H,1-2H3,(H,20,21)/b12-5+/t13-/m0/s1. The van der Waals surface area contributed by atoms with Crippen molar-refractivity contribution in [2.24, 2.45) is 0 Å². The number of ether oxygens (including phenoxy) is 1. The number of rotatable bonds is 5. The van der Waals surface area contributed by atoms with Crippen molar-refractivity contribution in [3.05, 3.63) is 71.6 Å². The fraction of sp³-hybridized carbons (Fsp3) is 0.167. The van der Waals surface area contributed by atoms with Gasteiger partial charge >= 0.3 is 0 Å². The molecule has 1 atom stereocenters. The molecular weight excluding hydrogens is 281 g/mol. The van der Waals surface area contributed by atoms with Crippen LogP contribution in [0.1, 0.15) is 24.1 Å². The summed E-state index contributed by atoms with van der Waals surface area (Å²) in [6, 6.07) is 13.3. The maximum absolute atomic E-state index is 12.9. The molecule has 2 rings (SSSR count). The molecule has 3 nitrogen and oxygen atoms in total. The number of carbonyl (C=O) groups is 1. The van der Waals surface area contributed by atoms with Gasteiger partial charge in [-0.1, -0.05) is 24.3 Å². The van der Waals surface area contributed by atoms with Crippen LogP contribution in [0.15, 0.2) is 54.6 Å². The molecule has 0 saturated heterocycles. The zero-order chi connectivity index (χ0) is 15.9. The monoisotopic (exact) mass is 299 g/mol. The summed E-state index contributed by atoms with van der Waals surface area (Å²) in [6.45, 7) is 1.85. The van der Waals surface area contributed by atoms with Crippen molar-refractivity contribution in [2.45, 2.75) is 13.0 Å². The van der Waals surface area contributed by atoms with Crippen molar-refractivity contribution in [1.29, 1.82) is 0 Å². The molecule has 0 spiro atoms. The number of amides is 1. The second-order valence-electron chi connectivity index (χ2n) is 4.89. The van der Waals surface area contributed by atoms with Crippen LogP contribution in [0, 0.1) is 5.82 Å². The highest BCUT2D eigenvalue weighted by Crippen LogP contribution is 2.14. The Hall–Kier alpha value is -2.62. The van der Waals surface area contributed by atoms with Crippen LogP contribution in [0.2, 0.25) is 0 Å². The van der Waals surface area contributed by atoms with Gasteiger partial charge in [0.25, 0.3) is 0 Å². The van der Waals surface area contributed by atoms with E-state index in [2.05, 4.69) is 5.32 Å². The highest BCUT2D eigenvalue weighted by atomic mass is 19.1. The highest BCUT2D eigenvalue weighted by Gasteiger charge is 2.07. The molecule has 0 fully saturated rings. The Morgan fingerprint density at radius 3 is 2.36 bits per heavy atom. The molecule has 1 N–H and O–H groups in total. The molecule has 0 radical (unpaired) electrons. The van der Waals surface area contributed by atoms with E-state index in [9.17, 15) is 9.18 Å². The van der Waals surface area contributed by atoms with E-state index in [1.54, 1.807) is 25.3 Å². The first kappa shape index (κ1) is 15.8. The fourth-order valence-corrected chi connectivity index (χ4v) is 1.98. The molecule has 0 unspecified atom stereocenters. The van der Waals surface area contributed by atoms with E-state index in [1.165, 1.54) is 18.2 Å². The highest BCUT2D eigenvalue weighted by molar-refractivity contribution is 5.91. The van der Waals surface area contributed by atoms with E-state index < -0.39 is 0 Å². The van der Waals surface area contributed by atoms with Gasteiger partial charge in [0, 0.05) is 6.08 Å². The van der Waals surface area contributed by atoms with Crippen LogP contribution in [0.25, 0.3) is 6.08 Å². The minimum Gasteiger partial charge on any atom is -0.497 e. The van der Waals surface area contributed by atoms with Gasteiger partial charge in [-0.05, 0) is 48.4 Å². The van der Waals surface area contributed by atoms with Crippen molar-refractivity contribution in [2.75, 3.05) is 7.11 Å². The van der Waals surface area contributed by atoms with Gasteiger partial charge < -0.3 is 10.1 Å². The SMILES string of the molecule is COc1ccc(/C=C/C(=O)N[C@@H](C)c2ccc(F)cc2)cc1. The number of hydrogen-bond acceptors (Lipinski definition) is 2. The number of hydrogen-bond donors (Lipinski definition) is 1. The van der Waals surface area contributed by atoms with Gasteiger partial charge in [0.15, 0.2) is 0 Å². The van der Waals surface area contributed by atoms with Gasteiger partial charge in [-0.15, -0.1) is 0 Å². The van der Waals surface area contributed by atoms with Gasteiger partial charge in [-0.2, -0.15) is 0 Å². The summed E-state index contributed by atoms with van der Waals surface area (Å²) in [5.41, 5.74) is 1.76. The average molecular weight is 299 g/mol. The Balaban J connectivity index is 1.93. The lowest BCUT2D eigenvalue weighted by Crippen LogP contribution is -2.24. The Kier molecular flexibility index (Phi) is 5.31. The van der Waals surface area contributed by atoms with Crippen LogP contribution in [0.4, 0.5) is 4.39 Å². The number of carbonyl (C=O) groups excluding carboxylic acids is 1. The largest absolute Gasteiger partial charge is 0.497 e. The average Bonchev–Trinajstić information content (AvgIpc) is 2.54. The lowest BCUT2D eigenvalue weighted by atomic mass is 10.1. The molecule has 2 aromatic carbocycles. The van der Waals surface area contributed by atoms with Crippen molar-refractivity contribution in [1.82, 2.24) is 5.32 Å². The third-order valence-electron chi connectivity index (χ3n) is 3.27. The molecule has 0 bridgehead atoms. The second-order valence-corrected chi connectivity index (χ2v) is 4.89. The first-order chi connectivity index (χ1) is 10.6. The van der Waals surface area contributed by atoms with Gasteiger partial charge in [0.05, 0.1) is 13.2 Å². The Bertz CT molecular complexity index is 648. The zero-order valence-corrected chi connectivity index (χ0v) is 12.5. The molecule has 0 heterocycles. The molecule has 0 aliphatic rings. The third-order valence-corrected chi connectivity index (χ3v) is 3.27. The van der Waals surface area contributed by atoms with E-state index in [1.807, 2.05) is 31.2 Å². The van der Waals surface area contributed by atoms with E-state index in [0.29, 0.717) is 0 Å². The van der Waals surface area contributed by atoms with E-state index in [-0.39, 0.29) is 17.8 Å². The van der Waals surface area contributed by atoms with Crippen molar-refractivity contribution < 1.29 is 13.9 Å². The number of halogens is 1. The summed E-state index contributed by atoms with van der Waals surface area (Å²) in [5.74, 6) is 0.279. The molecule has 1 amide bonds. The molecule has 4 heteroatoms. The minimum atomic E-state index is -0.290. The van der Waals surface area contributed by atoms with Crippen molar-refractivity contribution in [3.63, 3.8) is 0 Å². The van der Waals surface area contributed by atoms with Gasteiger partial charge in [0.1, 0.15) is 11.6 Å². The smallest absolute Gasteiger partial charge is 0.244 e. The summed E-state index contributed by atoms with van der Waals surface area (Å²) in [4.78, 5) is 11.9. The Morgan fingerprint density at radius 1 is 1.14 bits per heavy atom. The Labute approximate surface area is 129 Å². The maximum atomic E-state index is 12.9. The molecule has 0 aliphatic heterocycles. The minimum absolute atomic E-state index is 0.186. The maximum Gasteiger partial charge on any atom is 0.244 e. The third kappa shape index (κ3) is 4.45. The first-order valence-corrected chi connectivity index (χ1v) is 6.96. The molecular formula is C18H18FNO2. The molecule has 114 valence electrons. The quantitative estimate of drug-likeness (QED) is 0.854. The first-order valence-electron chi connectivity index (χ1n) is 6.96. The molecule has 2 aromatic rings. The lowest BCUT2D eigenvalue weighted by Gasteiger charge is -2.12. The predicted octanol–water partition coefficient (Wildman–Crippen LogP) is 3.72. The van der Waals surface area contributed by atoms with Crippen LogP contribution < -0.4 is 10.1 Å². The second kappa shape index (κ2) is 7.41. The van der Waals surface area contributed by atoms with E-state index >= 15 is 0 Å². The summed E-state index contributed by atoms with van der Waals surface area (Å²) in [5, 5.41) is 2.84. The summed E-state index contributed by atoms with van der Waals surface area (Å²) in [6.07, 6.45) is 3.20. The van der Waals surface area contributed by atoms with Gasteiger partial charge in [0.2, 0.25) is 5.91 Å².